The molecule has 0 bridgehead atoms. The van der Waals surface area contributed by atoms with Crippen LogP contribution in [0.1, 0.15) is 27.9 Å². The summed E-state index contributed by atoms with van der Waals surface area (Å²) in [4.78, 5) is 14.6. The highest BCUT2D eigenvalue weighted by atomic mass is 16.5. The Labute approximate surface area is 143 Å². The summed E-state index contributed by atoms with van der Waals surface area (Å²) in [5.74, 6) is 0.776. The zero-order valence-electron chi connectivity index (χ0n) is 14.5. The highest BCUT2D eigenvalue weighted by Gasteiger charge is 2.41. The molecule has 3 rings (SSSR count). The molecule has 0 spiro atoms. The Kier molecular flexibility index (Phi) is 4.58. The highest BCUT2D eigenvalue weighted by Crippen LogP contribution is 2.41. The van der Waals surface area contributed by atoms with E-state index in [1.165, 1.54) is 5.56 Å². The van der Waals surface area contributed by atoms with Crippen molar-refractivity contribution in [1.82, 2.24) is 10.2 Å². The van der Waals surface area contributed by atoms with E-state index >= 15 is 0 Å². The second-order valence-corrected chi connectivity index (χ2v) is 6.60. The van der Waals surface area contributed by atoms with Crippen LogP contribution < -0.4 is 10.1 Å². The minimum Gasteiger partial charge on any atom is -0.497 e. The second-order valence-electron chi connectivity index (χ2n) is 6.60. The Morgan fingerprint density at radius 2 is 1.92 bits per heavy atom. The summed E-state index contributed by atoms with van der Waals surface area (Å²) in [5, 5.41) is 3.09. The maximum absolute atomic E-state index is 12.4. The van der Waals surface area contributed by atoms with Gasteiger partial charge in [-0.15, -0.1) is 0 Å². The topological polar surface area (TPSA) is 41.6 Å². The monoisotopic (exact) mass is 324 g/mol. The maximum atomic E-state index is 12.4. The Morgan fingerprint density at radius 1 is 1.17 bits per heavy atom. The predicted octanol–water partition coefficient (Wildman–Crippen LogP) is 2.68. The van der Waals surface area contributed by atoms with E-state index in [0.717, 1.165) is 29.8 Å². The van der Waals surface area contributed by atoms with Crippen molar-refractivity contribution in [3.8, 4) is 5.75 Å². The molecule has 0 aromatic heterocycles. The molecule has 126 valence electrons. The molecule has 0 aliphatic carbocycles. The number of nitrogens with one attached hydrogen (secondary N) is 1. The number of amides is 1. The van der Waals surface area contributed by atoms with Gasteiger partial charge in [0.2, 0.25) is 0 Å². The quantitative estimate of drug-likeness (QED) is 0.919. The van der Waals surface area contributed by atoms with E-state index < -0.39 is 0 Å². The SMILES string of the molecule is COc1ccc2c(c1)C(CCN(C)C)(c1ccccc1)CNC2=O. The van der Waals surface area contributed by atoms with Gasteiger partial charge in [0.25, 0.3) is 5.91 Å². The van der Waals surface area contributed by atoms with E-state index in [1.54, 1.807) is 7.11 Å². The number of hydrogen-bond acceptors (Lipinski definition) is 3. The van der Waals surface area contributed by atoms with Crippen molar-refractivity contribution in [3.63, 3.8) is 0 Å². The Balaban J connectivity index is 2.19. The molecule has 1 unspecified atom stereocenters. The maximum Gasteiger partial charge on any atom is 0.251 e. The van der Waals surface area contributed by atoms with Crippen LogP contribution in [0.5, 0.6) is 5.75 Å². The van der Waals surface area contributed by atoms with Crippen molar-refractivity contribution in [1.29, 1.82) is 0 Å². The van der Waals surface area contributed by atoms with E-state index in [-0.39, 0.29) is 11.3 Å². The molecule has 24 heavy (non-hydrogen) atoms. The number of fused-ring (bicyclic) bond motifs is 1. The fourth-order valence-corrected chi connectivity index (χ4v) is 3.46. The van der Waals surface area contributed by atoms with Gasteiger partial charge in [0.05, 0.1) is 7.11 Å². The van der Waals surface area contributed by atoms with Gasteiger partial charge in [0.1, 0.15) is 5.75 Å². The molecule has 1 N–H and O–H groups in total. The van der Waals surface area contributed by atoms with Gasteiger partial charge in [-0.3, -0.25) is 4.79 Å². The van der Waals surface area contributed by atoms with E-state index in [1.807, 2.05) is 24.3 Å². The Morgan fingerprint density at radius 3 is 2.58 bits per heavy atom. The minimum atomic E-state index is -0.247. The summed E-state index contributed by atoms with van der Waals surface area (Å²) in [6.07, 6.45) is 0.921. The molecule has 1 aliphatic rings. The number of nitrogens with zero attached hydrogens (tertiary/aromatic N) is 1. The molecule has 0 radical (unpaired) electrons. The van der Waals surface area contributed by atoms with Gasteiger partial charge in [-0.25, -0.2) is 0 Å². The van der Waals surface area contributed by atoms with Crippen LogP contribution in [0, 0.1) is 0 Å². The fourth-order valence-electron chi connectivity index (χ4n) is 3.46. The molecule has 1 atom stereocenters. The summed E-state index contributed by atoms with van der Waals surface area (Å²) < 4.78 is 5.43. The first kappa shape index (κ1) is 16.5. The van der Waals surface area contributed by atoms with E-state index in [2.05, 4.69) is 48.6 Å². The summed E-state index contributed by atoms with van der Waals surface area (Å²) in [7, 11) is 5.81. The lowest BCUT2D eigenvalue weighted by Crippen LogP contribution is -2.48. The fraction of sp³-hybridized carbons (Fsp3) is 0.350. The van der Waals surface area contributed by atoms with Crippen LogP contribution in [0.3, 0.4) is 0 Å². The van der Waals surface area contributed by atoms with Gasteiger partial charge in [-0.2, -0.15) is 0 Å². The lowest BCUT2D eigenvalue weighted by molar-refractivity contribution is 0.0927. The van der Waals surface area contributed by atoms with Crippen LogP contribution in [-0.2, 0) is 5.41 Å². The smallest absolute Gasteiger partial charge is 0.251 e. The molecule has 0 saturated carbocycles. The molecule has 1 heterocycles. The van der Waals surface area contributed by atoms with Crippen molar-refractivity contribution in [2.24, 2.45) is 0 Å². The number of ether oxygens (including phenoxy) is 1. The second kappa shape index (κ2) is 6.65. The van der Waals surface area contributed by atoms with Gasteiger partial charge in [0, 0.05) is 17.5 Å². The third kappa shape index (κ3) is 2.89. The number of methoxy groups -OCH3 is 1. The van der Waals surface area contributed by atoms with Crippen molar-refractivity contribution >= 4 is 5.91 Å². The van der Waals surface area contributed by atoms with Gasteiger partial charge in [-0.1, -0.05) is 30.3 Å². The van der Waals surface area contributed by atoms with Crippen molar-refractivity contribution in [2.75, 3.05) is 34.3 Å². The summed E-state index contributed by atoms with van der Waals surface area (Å²) >= 11 is 0. The van der Waals surface area contributed by atoms with Gasteiger partial charge < -0.3 is 15.0 Å². The third-order valence-electron chi connectivity index (χ3n) is 4.85. The summed E-state index contributed by atoms with van der Waals surface area (Å²) in [6.45, 7) is 1.53. The van der Waals surface area contributed by atoms with E-state index in [4.69, 9.17) is 4.74 Å². The molecule has 0 saturated heterocycles. The zero-order valence-corrected chi connectivity index (χ0v) is 14.5. The van der Waals surface area contributed by atoms with Gasteiger partial charge in [0.15, 0.2) is 0 Å². The normalized spacial score (nSPS) is 19.8. The van der Waals surface area contributed by atoms with Crippen LogP contribution >= 0.6 is 0 Å². The van der Waals surface area contributed by atoms with Crippen LogP contribution in [0.4, 0.5) is 0 Å². The summed E-state index contributed by atoms with van der Waals surface area (Å²) in [5.41, 5.74) is 2.77. The third-order valence-corrected chi connectivity index (χ3v) is 4.85. The average molecular weight is 324 g/mol. The van der Waals surface area contributed by atoms with Gasteiger partial charge in [-0.05, 0) is 56.4 Å². The number of carbonyl (C=O) groups excluding carboxylic acids is 1. The molecule has 2 aromatic rings. The first-order valence-electron chi connectivity index (χ1n) is 8.24. The van der Waals surface area contributed by atoms with E-state index in [9.17, 15) is 4.79 Å². The molecular weight excluding hydrogens is 300 g/mol. The van der Waals surface area contributed by atoms with Crippen molar-refractivity contribution < 1.29 is 9.53 Å². The van der Waals surface area contributed by atoms with Crippen LogP contribution in [0.2, 0.25) is 0 Å². The molecular formula is C20H24N2O2. The average Bonchev–Trinajstić information content (AvgIpc) is 2.62. The standard InChI is InChI=1S/C20H24N2O2/c1-22(2)12-11-20(15-7-5-4-6-8-15)14-21-19(23)17-10-9-16(24-3)13-18(17)20/h4-10,13H,11-12,14H2,1-3H3,(H,21,23). The van der Waals surface area contributed by atoms with Gasteiger partial charge >= 0.3 is 0 Å². The first-order valence-corrected chi connectivity index (χ1v) is 8.24. The van der Waals surface area contributed by atoms with Crippen LogP contribution in [0.15, 0.2) is 48.5 Å². The summed E-state index contributed by atoms with van der Waals surface area (Å²) in [6, 6.07) is 16.2. The molecule has 0 fully saturated rings. The Bertz CT molecular complexity index is 728. The molecule has 1 aliphatic heterocycles. The lowest BCUT2D eigenvalue weighted by Gasteiger charge is -2.40. The molecule has 2 aromatic carbocycles. The van der Waals surface area contributed by atoms with Crippen molar-refractivity contribution in [2.45, 2.75) is 11.8 Å². The molecule has 1 amide bonds. The lowest BCUT2D eigenvalue weighted by atomic mass is 9.68. The first-order chi connectivity index (χ1) is 11.6. The largest absolute Gasteiger partial charge is 0.497 e. The number of hydrogen-bond donors (Lipinski definition) is 1. The van der Waals surface area contributed by atoms with Crippen molar-refractivity contribution in [3.05, 3.63) is 65.2 Å². The molecule has 4 heteroatoms. The number of rotatable bonds is 5. The minimum absolute atomic E-state index is 0.0101. The Hall–Kier alpha value is -2.33. The number of carbonyl (C=O) groups is 1. The zero-order chi connectivity index (χ0) is 17.2. The highest BCUT2D eigenvalue weighted by molar-refractivity contribution is 5.98. The molecule has 4 nitrogen and oxygen atoms in total. The van der Waals surface area contributed by atoms with Crippen LogP contribution in [-0.4, -0.2) is 45.1 Å². The van der Waals surface area contributed by atoms with Crippen LogP contribution in [0.25, 0.3) is 0 Å². The van der Waals surface area contributed by atoms with E-state index in [0.29, 0.717) is 6.54 Å². The predicted molar refractivity (Wildman–Crippen MR) is 95.7 cm³/mol. The number of benzene rings is 2.